The van der Waals surface area contributed by atoms with Crippen LogP contribution in [0.2, 0.25) is 10.0 Å². The van der Waals surface area contributed by atoms with Crippen LogP contribution in [-0.4, -0.2) is 6.26 Å². The standard InChI is InChI=1S/C15H11Cl2NS/c1-9-5-11(7-15(19-2)12(9)8-18)10-3-4-13(16)14(17)6-10/h3-7H,1-2H3. The fourth-order valence-corrected chi connectivity index (χ4v) is 2.86. The lowest BCUT2D eigenvalue weighted by Crippen LogP contribution is -1.89. The molecule has 0 amide bonds. The summed E-state index contributed by atoms with van der Waals surface area (Å²) in [6, 6.07) is 11.8. The second-order valence-electron chi connectivity index (χ2n) is 4.11. The van der Waals surface area contributed by atoms with E-state index in [2.05, 4.69) is 6.07 Å². The highest BCUT2D eigenvalue weighted by Gasteiger charge is 2.09. The van der Waals surface area contributed by atoms with E-state index >= 15 is 0 Å². The van der Waals surface area contributed by atoms with Crippen molar-refractivity contribution in [2.45, 2.75) is 11.8 Å². The van der Waals surface area contributed by atoms with Crippen LogP contribution in [0.3, 0.4) is 0 Å². The molecule has 0 aromatic heterocycles. The summed E-state index contributed by atoms with van der Waals surface area (Å²) in [5.41, 5.74) is 3.74. The molecule has 0 aliphatic rings. The van der Waals surface area contributed by atoms with Crippen molar-refractivity contribution in [3.63, 3.8) is 0 Å². The first-order valence-corrected chi connectivity index (χ1v) is 7.59. The summed E-state index contributed by atoms with van der Waals surface area (Å²) in [7, 11) is 0. The van der Waals surface area contributed by atoms with E-state index in [-0.39, 0.29) is 0 Å². The lowest BCUT2D eigenvalue weighted by molar-refractivity contribution is 1.29. The van der Waals surface area contributed by atoms with Crippen LogP contribution < -0.4 is 0 Å². The largest absolute Gasteiger partial charge is 0.192 e. The van der Waals surface area contributed by atoms with Crippen LogP contribution in [0.25, 0.3) is 11.1 Å². The van der Waals surface area contributed by atoms with Gasteiger partial charge in [-0.15, -0.1) is 11.8 Å². The van der Waals surface area contributed by atoms with E-state index in [1.54, 1.807) is 17.8 Å². The van der Waals surface area contributed by atoms with Crippen molar-refractivity contribution < 1.29 is 0 Å². The molecule has 0 radical (unpaired) electrons. The van der Waals surface area contributed by atoms with Gasteiger partial charge in [0.05, 0.1) is 15.6 Å². The Morgan fingerprint density at radius 1 is 1.05 bits per heavy atom. The van der Waals surface area contributed by atoms with E-state index in [4.69, 9.17) is 23.2 Å². The summed E-state index contributed by atoms with van der Waals surface area (Å²) in [5, 5.41) is 10.2. The first-order valence-electron chi connectivity index (χ1n) is 5.61. The smallest absolute Gasteiger partial charge is 0.101 e. The molecule has 0 fully saturated rings. The molecule has 0 atom stereocenters. The molecule has 19 heavy (non-hydrogen) atoms. The van der Waals surface area contributed by atoms with Gasteiger partial charge in [-0.25, -0.2) is 0 Å². The summed E-state index contributed by atoms with van der Waals surface area (Å²) in [4.78, 5) is 0.976. The predicted molar refractivity (Wildman–Crippen MR) is 83.1 cm³/mol. The van der Waals surface area contributed by atoms with Crippen molar-refractivity contribution >= 4 is 35.0 Å². The third-order valence-electron chi connectivity index (χ3n) is 2.88. The van der Waals surface area contributed by atoms with Crippen molar-refractivity contribution in [1.82, 2.24) is 0 Å². The van der Waals surface area contributed by atoms with Gasteiger partial charge in [-0.1, -0.05) is 35.3 Å². The van der Waals surface area contributed by atoms with Crippen molar-refractivity contribution in [1.29, 1.82) is 5.26 Å². The van der Waals surface area contributed by atoms with Crippen molar-refractivity contribution in [3.05, 3.63) is 51.5 Å². The number of nitriles is 1. The monoisotopic (exact) mass is 307 g/mol. The number of hydrogen-bond acceptors (Lipinski definition) is 2. The van der Waals surface area contributed by atoms with Crippen LogP contribution in [0, 0.1) is 18.3 Å². The van der Waals surface area contributed by atoms with Gasteiger partial charge >= 0.3 is 0 Å². The number of benzene rings is 2. The van der Waals surface area contributed by atoms with Crippen LogP contribution in [0.4, 0.5) is 0 Å². The molecular weight excluding hydrogens is 297 g/mol. The molecule has 96 valence electrons. The topological polar surface area (TPSA) is 23.8 Å². The summed E-state index contributed by atoms with van der Waals surface area (Å²) >= 11 is 13.5. The van der Waals surface area contributed by atoms with E-state index in [0.29, 0.717) is 10.0 Å². The highest BCUT2D eigenvalue weighted by molar-refractivity contribution is 7.98. The molecule has 0 aliphatic heterocycles. The normalized spacial score (nSPS) is 10.3. The zero-order chi connectivity index (χ0) is 14.0. The molecule has 2 rings (SSSR count). The lowest BCUT2D eigenvalue weighted by Gasteiger charge is -2.09. The Morgan fingerprint density at radius 3 is 2.37 bits per heavy atom. The number of halogens is 2. The highest BCUT2D eigenvalue weighted by Crippen LogP contribution is 2.33. The third kappa shape index (κ3) is 2.90. The minimum atomic E-state index is 0.534. The molecule has 0 spiro atoms. The van der Waals surface area contributed by atoms with Gasteiger partial charge in [0.1, 0.15) is 6.07 Å². The van der Waals surface area contributed by atoms with Crippen LogP contribution in [0.15, 0.2) is 35.2 Å². The molecule has 0 saturated heterocycles. The van der Waals surface area contributed by atoms with Crippen molar-refractivity contribution in [2.75, 3.05) is 6.26 Å². The molecule has 0 unspecified atom stereocenters. The Bertz CT molecular complexity index is 675. The van der Waals surface area contributed by atoms with Crippen LogP contribution in [-0.2, 0) is 0 Å². The maximum absolute atomic E-state index is 9.17. The SMILES string of the molecule is CSc1cc(-c2ccc(Cl)c(Cl)c2)cc(C)c1C#N. The number of thioether (sulfide) groups is 1. The zero-order valence-electron chi connectivity index (χ0n) is 10.5. The number of hydrogen-bond donors (Lipinski definition) is 0. The lowest BCUT2D eigenvalue weighted by atomic mass is 10.0. The summed E-state index contributed by atoms with van der Waals surface area (Å²) < 4.78 is 0. The quantitative estimate of drug-likeness (QED) is 0.678. The van der Waals surface area contributed by atoms with E-state index in [1.807, 2.05) is 37.4 Å². The molecular formula is C15H11Cl2NS. The molecule has 2 aromatic rings. The third-order valence-corrected chi connectivity index (χ3v) is 4.38. The van der Waals surface area contributed by atoms with Crippen molar-refractivity contribution in [2.24, 2.45) is 0 Å². The molecule has 0 aliphatic carbocycles. The Kier molecular flexibility index (Phi) is 4.42. The fraction of sp³-hybridized carbons (Fsp3) is 0.133. The first kappa shape index (κ1) is 14.3. The van der Waals surface area contributed by atoms with Gasteiger partial charge in [0, 0.05) is 4.90 Å². The Morgan fingerprint density at radius 2 is 1.79 bits per heavy atom. The molecule has 0 N–H and O–H groups in total. The summed E-state index contributed by atoms with van der Waals surface area (Å²) in [5.74, 6) is 0. The van der Waals surface area contributed by atoms with Crippen LogP contribution in [0.5, 0.6) is 0 Å². The van der Waals surface area contributed by atoms with E-state index in [1.165, 1.54) is 0 Å². The minimum Gasteiger partial charge on any atom is -0.192 e. The van der Waals surface area contributed by atoms with E-state index < -0.39 is 0 Å². The van der Waals surface area contributed by atoms with Gasteiger partial charge in [0.2, 0.25) is 0 Å². The molecule has 0 bridgehead atoms. The van der Waals surface area contributed by atoms with E-state index in [0.717, 1.165) is 27.1 Å². The second-order valence-corrected chi connectivity index (χ2v) is 5.77. The van der Waals surface area contributed by atoms with Crippen LogP contribution >= 0.6 is 35.0 Å². The van der Waals surface area contributed by atoms with Gasteiger partial charge in [0.25, 0.3) is 0 Å². The van der Waals surface area contributed by atoms with Gasteiger partial charge in [-0.3, -0.25) is 0 Å². The Labute approximate surface area is 127 Å². The summed E-state index contributed by atoms with van der Waals surface area (Å²) in [6.45, 7) is 1.94. The maximum Gasteiger partial charge on any atom is 0.101 e. The molecule has 1 nitrogen and oxygen atoms in total. The van der Waals surface area contributed by atoms with E-state index in [9.17, 15) is 5.26 Å². The highest BCUT2D eigenvalue weighted by atomic mass is 35.5. The average molecular weight is 308 g/mol. The fourth-order valence-electron chi connectivity index (χ4n) is 1.90. The zero-order valence-corrected chi connectivity index (χ0v) is 12.8. The second kappa shape index (κ2) is 5.88. The van der Waals surface area contributed by atoms with Crippen LogP contribution in [0.1, 0.15) is 11.1 Å². The number of aryl methyl sites for hydroxylation is 1. The van der Waals surface area contributed by atoms with Gasteiger partial charge in [-0.05, 0) is 48.1 Å². The van der Waals surface area contributed by atoms with Crippen molar-refractivity contribution in [3.8, 4) is 17.2 Å². The Hall–Kier alpha value is -1.14. The number of nitrogens with zero attached hydrogens (tertiary/aromatic N) is 1. The van der Waals surface area contributed by atoms with Gasteiger partial charge in [-0.2, -0.15) is 5.26 Å². The molecule has 4 heteroatoms. The number of rotatable bonds is 2. The Balaban J connectivity index is 2.60. The maximum atomic E-state index is 9.17. The summed E-state index contributed by atoms with van der Waals surface area (Å²) in [6.07, 6.45) is 1.97. The molecule has 0 saturated carbocycles. The average Bonchev–Trinajstić information content (AvgIpc) is 2.40. The predicted octanol–water partition coefficient (Wildman–Crippen LogP) is 5.56. The first-order chi connectivity index (χ1) is 9.06. The minimum absolute atomic E-state index is 0.534. The molecule has 0 heterocycles. The van der Waals surface area contributed by atoms with Gasteiger partial charge < -0.3 is 0 Å². The molecule has 2 aromatic carbocycles. The van der Waals surface area contributed by atoms with Gasteiger partial charge in [0.15, 0.2) is 0 Å².